The standard InChI is InChI=1S/C10H21NO2/c1-4-8(5-11)10(12)6-9(2,3)13-7-10/h8,12H,4-7,11H2,1-3H3. The van der Waals surface area contributed by atoms with Crippen LogP contribution >= 0.6 is 0 Å². The van der Waals surface area contributed by atoms with E-state index in [1.807, 2.05) is 13.8 Å². The van der Waals surface area contributed by atoms with Gasteiger partial charge >= 0.3 is 0 Å². The molecule has 0 bridgehead atoms. The van der Waals surface area contributed by atoms with Crippen LogP contribution in [0.25, 0.3) is 0 Å². The first-order valence-corrected chi connectivity index (χ1v) is 5.00. The molecule has 1 heterocycles. The van der Waals surface area contributed by atoms with E-state index in [0.717, 1.165) is 6.42 Å². The van der Waals surface area contributed by atoms with Gasteiger partial charge in [0.05, 0.1) is 17.8 Å². The molecular weight excluding hydrogens is 166 g/mol. The van der Waals surface area contributed by atoms with Crippen LogP contribution in [0.2, 0.25) is 0 Å². The summed E-state index contributed by atoms with van der Waals surface area (Å²) in [7, 11) is 0. The SMILES string of the molecule is CCC(CN)C1(O)COC(C)(C)C1. The van der Waals surface area contributed by atoms with Crippen LogP contribution in [-0.4, -0.2) is 29.5 Å². The van der Waals surface area contributed by atoms with E-state index in [0.29, 0.717) is 19.6 Å². The summed E-state index contributed by atoms with van der Waals surface area (Å²) in [5.74, 6) is 0.161. The van der Waals surface area contributed by atoms with Crippen molar-refractivity contribution in [2.75, 3.05) is 13.2 Å². The highest BCUT2D eigenvalue weighted by Gasteiger charge is 2.46. The number of hydrogen-bond acceptors (Lipinski definition) is 3. The lowest BCUT2D eigenvalue weighted by Gasteiger charge is -2.30. The fourth-order valence-corrected chi connectivity index (χ4v) is 2.19. The highest BCUT2D eigenvalue weighted by atomic mass is 16.5. The molecule has 3 N–H and O–H groups in total. The molecule has 0 spiro atoms. The third-order valence-electron chi connectivity index (χ3n) is 2.98. The van der Waals surface area contributed by atoms with E-state index in [9.17, 15) is 5.11 Å². The Morgan fingerprint density at radius 3 is 2.46 bits per heavy atom. The Bertz CT molecular complexity index is 178. The van der Waals surface area contributed by atoms with Crippen molar-refractivity contribution in [2.24, 2.45) is 11.7 Å². The van der Waals surface area contributed by atoms with Gasteiger partial charge in [-0.25, -0.2) is 0 Å². The third-order valence-corrected chi connectivity index (χ3v) is 2.98. The number of nitrogens with two attached hydrogens (primary N) is 1. The van der Waals surface area contributed by atoms with E-state index < -0.39 is 5.60 Å². The van der Waals surface area contributed by atoms with Crippen LogP contribution in [0.5, 0.6) is 0 Å². The predicted octanol–water partition coefficient (Wildman–Crippen LogP) is 0.901. The summed E-state index contributed by atoms with van der Waals surface area (Å²) in [6.45, 7) is 7.03. The Balaban J connectivity index is 2.67. The lowest BCUT2D eigenvalue weighted by molar-refractivity contribution is -0.0287. The first-order chi connectivity index (χ1) is 5.93. The fraction of sp³-hybridized carbons (Fsp3) is 1.00. The zero-order valence-electron chi connectivity index (χ0n) is 8.84. The molecule has 1 fully saturated rings. The van der Waals surface area contributed by atoms with Gasteiger partial charge in [-0.1, -0.05) is 6.92 Å². The minimum absolute atomic E-state index is 0.161. The molecule has 3 heteroatoms. The molecule has 1 aliphatic heterocycles. The topological polar surface area (TPSA) is 55.5 Å². The molecule has 0 amide bonds. The number of hydrogen-bond donors (Lipinski definition) is 2. The largest absolute Gasteiger partial charge is 0.387 e. The molecule has 13 heavy (non-hydrogen) atoms. The van der Waals surface area contributed by atoms with Gasteiger partial charge in [0.2, 0.25) is 0 Å². The van der Waals surface area contributed by atoms with Crippen molar-refractivity contribution >= 4 is 0 Å². The minimum Gasteiger partial charge on any atom is -0.387 e. The summed E-state index contributed by atoms with van der Waals surface area (Å²) < 4.78 is 5.54. The van der Waals surface area contributed by atoms with Crippen LogP contribution in [0, 0.1) is 5.92 Å². The van der Waals surface area contributed by atoms with Gasteiger partial charge in [-0.05, 0) is 26.8 Å². The molecule has 0 aromatic rings. The second-order valence-electron chi connectivity index (χ2n) is 4.67. The van der Waals surface area contributed by atoms with Crippen LogP contribution in [0.3, 0.4) is 0 Å². The second-order valence-corrected chi connectivity index (χ2v) is 4.67. The first kappa shape index (κ1) is 11.0. The Kier molecular flexibility index (Phi) is 3.00. The summed E-state index contributed by atoms with van der Waals surface area (Å²) >= 11 is 0. The van der Waals surface area contributed by atoms with Gasteiger partial charge in [-0.15, -0.1) is 0 Å². The van der Waals surface area contributed by atoms with Gasteiger partial charge in [-0.3, -0.25) is 0 Å². The first-order valence-electron chi connectivity index (χ1n) is 5.00. The zero-order chi connectivity index (χ0) is 10.1. The van der Waals surface area contributed by atoms with Gasteiger partial charge in [-0.2, -0.15) is 0 Å². The summed E-state index contributed by atoms with van der Waals surface area (Å²) in [5.41, 5.74) is 4.72. The number of rotatable bonds is 3. The van der Waals surface area contributed by atoms with Crippen molar-refractivity contribution in [1.29, 1.82) is 0 Å². The van der Waals surface area contributed by atoms with Crippen molar-refractivity contribution < 1.29 is 9.84 Å². The van der Waals surface area contributed by atoms with E-state index in [-0.39, 0.29) is 11.5 Å². The van der Waals surface area contributed by atoms with E-state index >= 15 is 0 Å². The van der Waals surface area contributed by atoms with Crippen molar-refractivity contribution in [3.05, 3.63) is 0 Å². The Morgan fingerprint density at radius 1 is 1.54 bits per heavy atom. The Labute approximate surface area is 80.3 Å². The van der Waals surface area contributed by atoms with Crippen LogP contribution in [-0.2, 0) is 4.74 Å². The van der Waals surface area contributed by atoms with E-state index in [4.69, 9.17) is 10.5 Å². The van der Waals surface area contributed by atoms with E-state index in [2.05, 4.69) is 6.92 Å². The average molecular weight is 187 g/mol. The predicted molar refractivity (Wildman–Crippen MR) is 52.4 cm³/mol. The van der Waals surface area contributed by atoms with Crippen molar-refractivity contribution in [1.82, 2.24) is 0 Å². The highest BCUT2D eigenvalue weighted by Crippen LogP contribution is 2.38. The van der Waals surface area contributed by atoms with Gasteiger partial charge in [0.25, 0.3) is 0 Å². The second kappa shape index (κ2) is 3.56. The molecule has 2 unspecified atom stereocenters. The van der Waals surface area contributed by atoms with Gasteiger partial charge in [0, 0.05) is 12.3 Å². The fourth-order valence-electron chi connectivity index (χ4n) is 2.19. The minimum atomic E-state index is -0.701. The quantitative estimate of drug-likeness (QED) is 0.690. The van der Waals surface area contributed by atoms with E-state index in [1.165, 1.54) is 0 Å². The van der Waals surface area contributed by atoms with Crippen LogP contribution in [0.4, 0.5) is 0 Å². The maximum atomic E-state index is 10.3. The molecule has 2 atom stereocenters. The summed E-state index contributed by atoms with van der Waals surface area (Å²) in [6.07, 6.45) is 1.60. The molecule has 3 nitrogen and oxygen atoms in total. The van der Waals surface area contributed by atoms with Crippen LogP contribution < -0.4 is 5.73 Å². The molecule has 0 saturated carbocycles. The molecule has 78 valence electrons. The molecule has 0 aliphatic carbocycles. The molecule has 1 saturated heterocycles. The lowest BCUT2D eigenvalue weighted by Crippen LogP contribution is -2.43. The summed E-state index contributed by atoms with van der Waals surface area (Å²) in [6, 6.07) is 0. The highest BCUT2D eigenvalue weighted by molar-refractivity contribution is 4.97. The summed E-state index contributed by atoms with van der Waals surface area (Å²) in [4.78, 5) is 0. The monoisotopic (exact) mass is 187 g/mol. The molecule has 0 aromatic heterocycles. The van der Waals surface area contributed by atoms with Gasteiger partial charge < -0.3 is 15.6 Å². The Morgan fingerprint density at radius 2 is 2.15 bits per heavy atom. The van der Waals surface area contributed by atoms with Crippen LogP contribution in [0.1, 0.15) is 33.6 Å². The number of ether oxygens (including phenoxy) is 1. The normalized spacial score (nSPS) is 34.8. The summed E-state index contributed by atoms with van der Waals surface area (Å²) in [5, 5.41) is 10.3. The molecule has 1 aliphatic rings. The molecular formula is C10H21NO2. The molecule has 0 aromatic carbocycles. The van der Waals surface area contributed by atoms with Crippen molar-refractivity contribution in [3.8, 4) is 0 Å². The van der Waals surface area contributed by atoms with Gasteiger partial charge in [0.1, 0.15) is 0 Å². The maximum Gasteiger partial charge on any atom is 0.0947 e. The molecule has 0 radical (unpaired) electrons. The molecule has 1 rings (SSSR count). The average Bonchev–Trinajstić information content (AvgIpc) is 2.29. The van der Waals surface area contributed by atoms with E-state index in [1.54, 1.807) is 0 Å². The zero-order valence-corrected chi connectivity index (χ0v) is 8.84. The van der Waals surface area contributed by atoms with Crippen LogP contribution in [0.15, 0.2) is 0 Å². The third kappa shape index (κ3) is 2.22. The number of aliphatic hydroxyl groups is 1. The van der Waals surface area contributed by atoms with Crippen molar-refractivity contribution in [3.63, 3.8) is 0 Å². The Hall–Kier alpha value is -0.120. The maximum absolute atomic E-state index is 10.3. The van der Waals surface area contributed by atoms with Crippen molar-refractivity contribution in [2.45, 2.75) is 44.8 Å². The van der Waals surface area contributed by atoms with Gasteiger partial charge in [0.15, 0.2) is 0 Å². The lowest BCUT2D eigenvalue weighted by atomic mass is 9.81. The smallest absolute Gasteiger partial charge is 0.0947 e.